The molecular weight excluding hydrogens is 248 g/mol. The molecule has 2 heterocycles. The first-order chi connectivity index (χ1) is 8.69. The monoisotopic (exact) mass is 272 g/mol. The summed E-state index contributed by atoms with van der Waals surface area (Å²) >= 11 is 0. The second-order valence-corrected chi connectivity index (χ2v) is 7.86. The van der Waals surface area contributed by atoms with Crippen LogP contribution in [0.15, 0.2) is 0 Å². The van der Waals surface area contributed by atoms with E-state index in [4.69, 9.17) is 0 Å². The normalized spacial score (nSPS) is 35.6. The molecule has 0 aromatic rings. The highest BCUT2D eigenvalue weighted by molar-refractivity contribution is 7.86. The van der Waals surface area contributed by atoms with Gasteiger partial charge in [0.05, 0.1) is 0 Å². The average molecular weight is 272 g/mol. The fourth-order valence-corrected chi connectivity index (χ4v) is 5.93. The first-order valence-corrected chi connectivity index (χ1v) is 8.86. The summed E-state index contributed by atoms with van der Waals surface area (Å²) in [6.45, 7) is 2.21. The van der Waals surface area contributed by atoms with Crippen LogP contribution in [0.5, 0.6) is 0 Å². The third kappa shape index (κ3) is 2.21. The van der Waals surface area contributed by atoms with E-state index in [1.54, 1.807) is 4.31 Å². The lowest BCUT2D eigenvalue weighted by atomic mass is 9.79. The first kappa shape index (κ1) is 12.9. The minimum Gasteiger partial charge on any atom is -0.195 e. The Hall–Kier alpha value is -0.130. The molecule has 5 heteroatoms. The Morgan fingerprint density at radius 2 is 1.44 bits per heavy atom. The first-order valence-electron chi connectivity index (χ1n) is 7.46. The average Bonchev–Trinajstić information content (AvgIpc) is 2.92. The molecule has 3 fully saturated rings. The van der Waals surface area contributed by atoms with Crippen LogP contribution in [0.25, 0.3) is 0 Å². The quantitative estimate of drug-likeness (QED) is 0.771. The van der Waals surface area contributed by atoms with Gasteiger partial charge in [-0.2, -0.15) is 17.0 Å². The smallest absolute Gasteiger partial charge is 0.195 e. The molecule has 18 heavy (non-hydrogen) atoms. The minimum atomic E-state index is -3.17. The zero-order chi connectivity index (χ0) is 12.6. The maximum absolute atomic E-state index is 12.7. The summed E-state index contributed by atoms with van der Waals surface area (Å²) in [5.41, 5.74) is 0. The van der Waals surface area contributed by atoms with E-state index in [1.165, 1.54) is 25.7 Å². The van der Waals surface area contributed by atoms with Gasteiger partial charge in [0.15, 0.2) is 0 Å². The summed E-state index contributed by atoms with van der Waals surface area (Å²) in [4.78, 5) is 0. The molecule has 2 unspecified atom stereocenters. The molecule has 0 radical (unpaired) electrons. The fraction of sp³-hybridized carbons (Fsp3) is 1.00. The molecule has 3 rings (SSSR count). The van der Waals surface area contributed by atoms with Gasteiger partial charge >= 0.3 is 0 Å². The van der Waals surface area contributed by atoms with Gasteiger partial charge in [0, 0.05) is 25.7 Å². The van der Waals surface area contributed by atoms with Crippen LogP contribution in [-0.2, 0) is 10.2 Å². The van der Waals surface area contributed by atoms with E-state index in [1.807, 2.05) is 4.31 Å². The van der Waals surface area contributed by atoms with Gasteiger partial charge in [0.25, 0.3) is 10.2 Å². The highest BCUT2D eigenvalue weighted by Crippen LogP contribution is 2.37. The van der Waals surface area contributed by atoms with Crippen LogP contribution in [0.4, 0.5) is 0 Å². The molecule has 2 aliphatic heterocycles. The van der Waals surface area contributed by atoms with E-state index < -0.39 is 10.2 Å². The van der Waals surface area contributed by atoms with E-state index in [-0.39, 0.29) is 0 Å². The summed E-state index contributed by atoms with van der Waals surface area (Å²) in [7, 11) is -3.17. The predicted molar refractivity (Wildman–Crippen MR) is 71.4 cm³/mol. The van der Waals surface area contributed by atoms with Crippen LogP contribution >= 0.6 is 0 Å². The van der Waals surface area contributed by atoms with Crippen molar-refractivity contribution in [3.8, 4) is 0 Å². The number of piperidine rings is 1. The molecule has 3 aliphatic rings. The van der Waals surface area contributed by atoms with Gasteiger partial charge in [-0.25, -0.2) is 0 Å². The lowest BCUT2D eigenvalue weighted by Crippen LogP contribution is -2.53. The van der Waals surface area contributed by atoms with Crippen molar-refractivity contribution >= 4 is 10.2 Å². The van der Waals surface area contributed by atoms with Crippen molar-refractivity contribution in [2.45, 2.75) is 57.4 Å². The van der Waals surface area contributed by atoms with Gasteiger partial charge in [0.1, 0.15) is 0 Å². The third-order valence-electron chi connectivity index (χ3n) is 4.88. The number of hydrogen-bond donors (Lipinski definition) is 0. The van der Waals surface area contributed by atoms with Crippen molar-refractivity contribution in [2.75, 3.05) is 19.6 Å². The van der Waals surface area contributed by atoms with Crippen LogP contribution < -0.4 is 0 Å². The van der Waals surface area contributed by atoms with Crippen molar-refractivity contribution in [2.24, 2.45) is 5.92 Å². The van der Waals surface area contributed by atoms with Gasteiger partial charge in [-0.1, -0.05) is 12.8 Å². The summed E-state index contributed by atoms with van der Waals surface area (Å²) in [6, 6.07) is 0.304. The van der Waals surface area contributed by atoms with E-state index in [9.17, 15) is 8.42 Å². The molecule has 1 saturated carbocycles. The molecule has 4 nitrogen and oxygen atoms in total. The van der Waals surface area contributed by atoms with Gasteiger partial charge in [0.2, 0.25) is 0 Å². The highest BCUT2D eigenvalue weighted by Gasteiger charge is 2.42. The molecule has 2 saturated heterocycles. The largest absolute Gasteiger partial charge is 0.282 e. The Morgan fingerprint density at radius 3 is 2.22 bits per heavy atom. The molecule has 0 aromatic carbocycles. The molecule has 0 amide bonds. The van der Waals surface area contributed by atoms with E-state index >= 15 is 0 Å². The minimum absolute atomic E-state index is 0.304. The van der Waals surface area contributed by atoms with Crippen molar-refractivity contribution in [1.82, 2.24) is 8.61 Å². The van der Waals surface area contributed by atoms with Gasteiger partial charge < -0.3 is 0 Å². The van der Waals surface area contributed by atoms with Gasteiger partial charge in [-0.15, -0.1) is 0 Å². The molecule has 0 spiro atoms. The van der Waals surface area contributed by atoms with Crippen molar-refractivity contribution in [3.05, 3.63) is 0 Å². The Bertz CT molecular complexity index is 388. The van der Waals surface area contributed by atoms with Crippen LogP contribution in [0.3, 0.4) is 0 Å². The van der Waals surface area contributed by atoms with Crippen molar-refractivity contribution < 1.29 is 8.42 Å². The molecular formula is C13H24N2O2S. The summed E-state index contributed by atoms with van der Waals surface area (Å²) < 4.78 is 29.0. The zero-order valence-electron chi connectivity index (χ0n) is 11.1. The van der Waals surface area contributed by atoms with E-state index in [0.717, 1.165) is 45.3 Å². The standard InChI is InChI=1S/C13H24N2O2S/c16-18(17,14-9-3-4-10-14)15-11-5-7-12-6-1-2-8-13(12)15/h12-13H,1-11H2. The zero-order valence-corrected chi connectivity index (χ0v) is 11.9. The lowest BCUT2D eigenvalue weighted by molar-refractivity contribution is 0.123. The Kier molecular flexibility index (Phi) is 3.65. The fourth-order valence-electron chi connectivity index (χ4n) is 3.93. The molecule has 1 aliphatic carbocycles. The SMILES string of the molecule is O=S(=O)(N1CCCC1)N1CCCC2CCCCC21. The number of hydrogen-bond acceptors (Lipinski definition) is 2. The number of rotatable bonds is 2. The van der Waals surface area contributed by atoms with E-state index in [2.05, 4.69) is 0 Å². The van der Waals surface area contributed by atoms with Crippen LogP contribution in [0, 0.1) is 5.92 Å². The Morgan fingerprint density at radius 1 is 0.778 bits per heavy atom. The summed E-state index contributed by atoms with van der Waals surface area (Å²) in [5, 5.41) is 0. The lowest BCUT2D eigenvalue weighted by Gasteiger charge is -2.44. The van der Waals surface area contributed by atoms with Crippen LogP contribution in [-0.4, -0.2) is 42.7 Å². The second kappa shape index (κ2) is 5.10. The number of fused-ring (bicyclic) bond motifs is 1. The van der Waals surface area contributed by atoms with Crippen LogP contribution in [0.1, 0.15) is 51.4 Å². The van der Waals surface area contributed by atoms with E-state index in [0.29, 0.717) is 12.0 Å². The summed E-state index contributed by atoms with van der Waals surface area (Å²) in [6.07, 6.45) is 9.15. The highest BCUT2D eigenvalue weighted by atomic mass is 32.2. The predicted octanol–water partition coefficient (Wildman–Crippen LogP) is 1.98. The van der Waals surface area contributed by atoms with Crippen molar-refractivity contribution in [1.29, 1.82) is 0 Å². The Labute approximate surface area is 111 Å². The van der Waals surface area contributed by atoms with Crippen molar-refractivity contribution in [3.63, 3.8) is 0 Å². The van der Waals surface area contributed by atoms with Gasteiger partial charge in [-0.3, -0.25) is 0 Å². The molecule has 2 atom stereocenters. The Balaban J connectivity index is 1.80. The topological polar surface area (TPSA) is 40.6 Å². The maximum Gasteiger partial charge on any atom is 0.282 e. The molecule has 0 N–H and O–H groups in total. The van der Waals surface area contributed by atoms with Crippen LogP contribution in [0.2, 0.25) is 0 Å². The maximum atomic E-state index is 12.7. The molecule has 104 valence electrons. The summed E-state index contributed by atoms with van der Waals surface area (Å²) in [5.74, 6) is 0.630. The molecule has 0 aromatic heterocycles. The molecule has 0 bridgehead atoms. The number of nitrogens with zero attached hydrogens (tertiary/aromatic N) is 2. The van der Waals surface area contributed by atoms with Gasteiger partial charge in [-0.05, 0) is 44.4 Å². The third-order valence-corrected chi connectivity index (χ3v) is 6.94. The second-order valence-electron chi connectivity index (χ2n) is 5.98.